The zero-order valence-electron chi connectivity index (χ0n) is 17.3. The van der Waals surface area contributed by atoms with Gasteiger partial charge in [-0.2, -0.15) is 0 Å². The van der Waals surface area contributed by atoms with E-state index in [9.17, 15) is 0 Å². The molecule has 0 fully saturated rings. The van der Waals surface area contributed by atoms with Crippen molar-refractivity contribution < 1.29 is 4.74 Å². The van der Waals surface area contributed by atoms with Gasteiger partial charge in [-0.3, -0.25) is 9.98 Å². The van der Waals surface area contributed by atoms with Gasteiger partial charge in [0.1, 0.15) is 22.3 Å². The molecule has 31 heavy (non-hydrogen) atoms. The highest BCUT2D eigenvalue weighted by Crippen LogP contribution is 2.41. The molecule has 0 saturated heterocycles. The zero-order chi connectivity index (χ0) is 21.4. The van der Waals surface area contributed by atoms with Crippen LogP contribution in [0.4, 0.5) is 0 Å². The Bertz CT molecular complexity index is 1280. The summed E-state index contributed by atoms with van der Waals surface area (Å²) in [4.78, 5) is 15.6. The van der Waals surface area contributed by atoms with Gasteiger partial charge in [0, 0.05) is 29.9 Å². The molecule has 0 atom stereocenters. The quantitative estimate of drug-likeness (QED) is 0.432. The van der Waals surface area contributed by atoms with Gasteiger partial charge in [0.15, 0.2) is 0 Å². The van der Waals surface area contributed by atoms with E-state index in [0.717, 1.165) is 38.6 Å². The number of amidine groups is 1. The highest BCUT2D eigenvalue weighted by Gasteiger charge is 2.26. The minimum absolute atomic E-state index is 0.399. The van der Waals surface area contributed by atoms with Crippen LogP contribution in [0.25, 0.3) is 10.2 Å². The van der Waals surface area contributed by atoms with Crippen LogP contribution in [-0.2, 0) is 19.7 Å². The number of halogens is 1. The molecule has 1 aliphatic heterocycles. The van der Waals surface area contributed by atoms with Crippen LogP contribution < -0.4 is 10.1 Å². The molecule has 0 saturated carbocycles. The van der Waals surface area contributed by atoms with Crippen molar-refractivity contribution in [1.29, 1.82) is 0 Å². The lowest BCUT2D eigenvalue weighted by Gasteiger charge is -2.10. The van der Waals surface area contributed by atoms with Crippen molar-refractivity contribution in [2.24, 2.45) is 4.99 Å². The van der Waals surface area contributed by atoms with Gasteiger partial charge in [-0.25, -0.2) is 4.98 Å². The van der Waals surface area contributed by atoms with Crippen LogP contribution >= 0.6 is 22.9 Å². The topological polar surface area (TPSA) is 59.4 Å². The number of hydrogen-bond acceptors (Lipinski definition) is 6. The average molecular weight is 449 g/mol. The molecule has 4 heterocycles. The first kappa shape index (κ1) is 20.0. The van der Waals surface area contributed by atoms with Crippen molar-refractivity contribution in [2.45, 2.75) is 33.5 Å². The number of benzene rings is 1. The summed E-state index contributed by atoms with van der Waals surface area (Å²) in [6.45, 7) is 5.89. The van der Waals surface area contributed by atoms with Gasteiger partial charge in [-0.1, -0.05) is 41.4 Å². The number of pyridine rings is 2. The van der Waals surface area contributed by atoms with Gasteiger partial charge in [0.25, 0.3) is 0 Å². The predicted molar refractivity (Wildman–Crippen MR) is 126 cm³/mol. The van der Waals surface area contributed by atoms with E-state index in [1.165, 1.54) is 16.7 Å². The summed E-state index contributed by atoms with van der Waals surface area (Å²) >= 11 is 8.28. The molecule has 0 bridgehead atoms. The third-order valence-electron chi connectivity index (χ3n) is 5.40. The number of rotatable bonds is 5. The summed E-state index contributed by atoms with van der Waals surface area (Å²) in [5.41, 5.74) is 5.69. The highest BCUT2D eigenvalue weighted by atomic mass is 35.5. The second-order valence-corrected chi connectivity index (χ2v) is 8.97. The van der Waals surface area contributed by atoms with E-state index in [2.05, 4.69) is 41.5 Å². The monoisotopic (exact) mass is 448 g/mol. The van der Waals surface area contributed by atoms with Crippen LogP contribution in [0.3, 0.4) is 0 Å². The van der Waals surface area contributed by atoms with E-state index in [4.69, 9.17) is 26.3 Å². The van der Waals surface area contributed by atoms with Crippen LogP contribution in [0.1, 0.15) is 32.7 Å². The molecule has 1 N–H and O–H groups in total. The van der Waals surface area contributed by atoms with Gasteiger partial charge in [-0.05, 0) is 42.7 Å². The number of aliphatic imine (C=N–C) groups is 1. The molecule has 0 unspecified atom stereocenters. The summed E-state index contributed by atoms with van der Waals surface area (Å²) < 4.78 is 5.94. The van der Waals surface area contributed by atoms with Crippen LogP contribution in [0.5, 0.6) is 5.88 Å². The number of aromatic nitrogens is 2. The largest absolute Gasteiger partial charge is 0.472 e. The number of nitrogens with zero attached hydrogens (tertiary/aromatic N) is 3. The fourth-order valence-corrected chi connectivity index (χ4v) is 5.07. The fourth-order valence-electron chi connectivity index (χ4n) is 3.66. The molecule has 0 aliphatic carbocycles. The Kier molecular flexibility index (Phi) is 5.34. The summed E-state index contributed by atoms with van der Waals surface area (Å²) in [6.07, 6.45) is 3.49. The normalized spacial score (nSPS) is 12.7. The smallest absolute Gasteiger partial charge is 0.234 e. The SMILES string of the molecule is Cc1ccc(CNC2=NCc3c2sc2nc(OCc4ccncc4)c(Cl)c(C)c32)cc1. The fraction of sp³-hybridized carbons (Fsp3) is 0.208. The Morgan fingerprint density at radius 2 is 1.84 bits per heavy atom. The van der Waals surface area contributed by atoms with E-state index in [0.29, 0.717) is 24.1 Å². The minimum Gasteiger partial charge on any atom is -0.472 e. The molecule has 5 rings (SSSR count). The molecule has 156 valence electrons. The summed E-state index contributed by atoms with van der Waals surface area (Å²) in [6, 6.07) is 12.4. The molecule has 3 aromatic heterocycles. The van der Waals surface area contributed by atoms with Gasteiger partial charge in [0.05, 0.1) is 11.4 Å². The van der Waals surface area contributed by atoms with Crippen molar-refractivity contribution >= 4 is 39.0 Å². The van der Waals surface area contributed by atoms with Crippen LogP contribution in [0.2, 0.25) is 5.02 Å². The number of thiophene rings is 1. The third kappa shape index (κ3) is 3.89. The molecular weight excluding hydrogens is 428 g/mol. The minimum atomic E-state index is 0.399. The number of ether oxygens (including phenoxy) is 1. The Balaban J connectivity index is 1.40. The first-order valence-corrected chi connectivity index (χ1v) is 11.3. The van der Waals surface area contributed by atoms with Gasteiger partial charge >= 0.3 is 0 Å². The lowest BCUT2D eigenvalue weighted by molar-refractivity contribution is 0.295. The van der Waals surface area contributed by atoms with Crippen LogP contribution in [-0.4, -0.2) is 15.8 Å². The zero-order valence-corrected chi connectivity index (χ0v) is 18.8. The Morgan fingerprint density at radius 3 is 2.61 bits per heavy atom. The summed E-state index contributed by atoms with van der Waals surface area (Å²) in [5, 5.41) is 5.15. The average Bonchev–Trinajstić information content (AvgIpc) is 3.34. The molecule has 0 spiro atoms. The summed E-state index contributed by atoms with van der Waals surface area (Å²) in [7, 11) is 0. The van der Waals surface area contributed by atoms with E-state index >= 15 is 0 Å². The molecule has 7 heteroatoms. The van der Waals surface area contributed by atoms with E-state index in [1.807, 2.05) is 19.1 Å². The van der Waals surface area contributed by atoms with E-state index in [1.54, 1.807) is 23.7 Å². The maximum Gasteiger partial charge on any atom is 0.234 e. The summed E-state index contributed by atoms with van der Waals surface area (Å²) in [5.74, 6) is 1.39. The van der Waals surface area contributed by atoms with Gasteiger partial charge in [0.2, 0.25) is 5.88 Å². The second kappa shape index (κ2) is 8.29. The molecule has 5 nitrogen and oxygen atoms in total. The van der Waals surface area contributed by atoms with Gasteiger partial charge < -0.3 is 10.1 Å². The third-order valence-corrected chi connectivity index (χ3v) is 6.98. The van der Waals surface area contributed by atoms with Crippen molar-refractivity contribution in [3.05, 3.63) is 86.5 Å². The number of nitrogens with one attached hydrogen (secondary N) is 1. The first-order valence-electron chi connectivity index (χ1n) is 10.1. The maximum absolute atomic E-state index is 6.64. The first-order chi connectivity index (χ1) is 15.1. The molecule has 1 aliphatic rings. The van der Waals surface area contributed by atoms with Crippen molar-refractivity contribution in [3.63, 3.8) is 0 Å². The van der Waals surface area contributed by atoms with Crippen LogP contribution in [0, 0.1) is 13.8 Å². The molecule has 0 amide bonds. The maximum atomic E-state index is 6.64. The predicted octanol–water partition coefficient (Wildman–Crippen LogP) is 5.59. The molecule has 4 aromatic rings. The molecule has 1 aromatic carbocycles. The number of fused-ring (bicyclic) bond motifs is 3. The number of aryl methyl sites for hydroxylation is 2. The Labute approximate surface area is 189 Å². The van der Waals surface area contributed by atoms with Crippen molar-refractivity contribution in [2.75, 3.05) is 0 Å². The molecular formula is C24H21ClN4OS. The van der Waals surface area contributed by atoms with Crippen molar-refractivity contribution in [1.82, 2.24) is 15.3 Å². The number of hydrogen-bond donors (Lipinski definition) is 1. The van der Waals surface area contributed by atoms with E-state index < -0.39 is 0 Å². The standard InChI is InChI=1S/C24H21ClN4OS/c1-14-3-5-16(6-4-14)11-27-22-21-18(12-28-22)19-15(2)20(25)23(29-24(19)31-21)30-13-17-7-9-26-10-8-17/h3-10H,11-13H2,1-2H3,(H,27,28). The highest BCUT2D eigenvalue weighted by molar-refractivity contribution is 7.20. The van der Waals surface area contributed by atoms with Crippen molar-refractivity contribution in [3.8, 4) is 5.88 Å². The molecule has 0 radical (unpaired) electrons. The lowest BCUT2D eigenvalue weighted by atomic mass is 10.1. The lowest BCUT2D eigenvalue weighted by Crippen LogP contribution is -2.21. The Morgan fingerprint density at radius 1 is 1.06 bits per heavy atom. The van der Waals surface area contributed by atoms with Crippen LogP contribution in [0.15, 0.2) is 53.8 Å². The Hall–Kier alpha value is -2.96. The second-order valence-electron chi connectivity index (χ2n) is 7.59. The van der Waals surface area contributed by atoms with Gasteiger partial charge in [-0.15, -0.1) is 11.3 Å². The van der Waals surface area contributed by atoms with E-state index in [-0.39, 0.29) is 0 Å².